The molecule has 20 heavy (non-hydrogen) atoms. The van der Waals surface area contributed by atoms with E-state index in [1.807, 2.05) is 0 Å². The Morgan fingerprint density at radius 2 is 2.05 bits per heavy atom. The van der Waals surface area contributed by atoms with Crippen LogP contribution in [0.2, 0.25) is 5.02 Å². The van der Waals surface area contributed by atoms with E-state index in [2.05, 4.69) is 5.32 Å². The second kappa shape index (κ2) is 6.39. The highest BCUT2D eigenvalue weighted by molar-refractivity contribution is 7.88. The largest absolute Gasteiger partial charge is 0.310 e. The van der Waals surface area contributed by atoms with Gasteiger partial charge in [-0.25, -0.2) is 17.1 Å². The Kier molecular flexibility index (Phi) is 5.01. The summed E-state index contributed by atoms with van der Waals surface area (Å²) in [6, 6.07) is 4.52. The van der Waals surface area contributed by atoms with E-state index >= 15 is 0 Å². The molecule has 112 valence electrons. The zero-order chi connectivity index (χ0) is 14.8. The Morgan fingerprint density at radius 1 is 1.40 bits per heavy atom. The molecule has 7 heteroatoms. The molecule has 0 aromatic heterocycles. The van der Waals surface area contributed by atoms with Crippen LogP contribution in [0, 0.1) is 5.82 Å². The maximum Gasteiger partial charge on any atom is 0.211 e. The summed E-state index contributed by atoms with van der Waals surface area (Å²) < 4.78 is 37.4. The highest BCUT2D eigenvalue weighted by Gasteiger charge is 2.24. The second-order valence-corrected chi connectivity index (χ2v) is 7.44. The number of rotatable bonds is 4. The molecule has 1 saturated heterocycles. The van der Waals surface area contributed by atoms with E-state index in [1.165, 1.54) is 22.7 Å². The Labute approximate surface area is 124 Å². The minimum atomic E-state index is -3.09. The molecule has 0 amide bonds. The predicted molar refractivity (Wildman–Crippen MR) is 77.7 cm³/mol. The van der Waals surface area contributed by atoms with Crippen LogP contribution < -0.4 is 5.32 Å². The molecule has 2 rings (SSSR count). The maximum atomic E-state index is 13.1. The van der Waals surface area contributed by atoms with Crippen LogP contribution in [0.25, 0.3) is 0 Å². The highest BCUT2D eigenvalue weighted by Crippen LogP contribution is 2.18. The first-order chi connectivity index (χ1) is 9.36. The molecule has 1 heterocycles. The van der Waals surface area contributed by atoms with Crippen molar-refractivity contribution in [2.24, 2.45) is 0 Å². The van der Waals surface area contributed by atoms with Crippen molar-refractivity contribution in [1.82, 2.24) is 9.62 Å². The van der Waals surface area contributed by atoms with Crippen molar-refractivity contribution in [3.8, 4) is 0 Å². The van der Waals surface area contributed by atoms with Gasteiger partial charge in [0.2, 0.25) is 10.0 Å². The number of nitrogens with zero attached hydrogens (tertiary/aromatic N) is 1. The summed E-state index contributed by atoms with van der Waals surface area (Å²) in [5.41, 5.74) is 0.720. The third-order valence-electron chi connectivity index (χ3n) is 3.51. The minimum Gasteiger partial charge on any atom is -0.310 e. The summed E-state index contributed by atoms with van der Waals surface area (Å²) in [7, 11) is -3.09. The maximum absolute atomic E-state index is 13.1. The summed E-state index contributed by atoms with van der Waals surface area (Å²) in [6.07, 6.45) is 2.73. The number of benzene rings is 1. The minimum absolute atomic E-state index is 0.229. The Hall–Kier alpha value is -0.690. The molecule has 1 aliphatic rings. The lowest BCUT2D eigenvalue weighted by Crippen LogP contribution is -2.44. The van der Waals surface area contributed by atoms with Gasteiger partial charge in [-0.05, 0) is 36.6 Å². The van der Waals surface area contributed by atoms with E-state index in [9.17, 15) is 12.8 Å². The normalized spacial score (nSPS) is 18.4. The Balaban J connectivity index is 1.86. The molecule has 0 bridgehead atoms. The van der Waals surface area contributed by atoms with Crippen molar-refractivity contribution in [2.75, 3.05) is 19.3 Å². The van der Waals surface area contributed by atoms with E-state index in [0.29, 0.717) is 24.7 Å². The van der Waals surface area contributed by atoms with Crippen molar-refractivity contribution >= 4 is 21.6 Å². The third kappa shape index (κ3) is 4.15. The number of hydrogen-bond acceptors (Lipinski definition) is 3. The lowest BCUT2D eigenvalue weighted by Gasteiger charge is -2.30. The Morgan fingerprint density at radius 3 is 2.65 bits per heavy atom. The van der Waals surface area contributed by atoms with Gasteiger partial charge in [-0.2, -0.15) is 0 Å². The summed E-state index contributed by atoms with van der Waals surface area (Å²) in [6.45, 7) is 1.53. The molecule has 1 aliphatic heterocycles. The van der Waals surface area contributed by atoms with Crippen LogP contribution in [0.4, 0.5) is 4.39 Å². The summed E-state index contributed by atoms with van der Waals surface area (Å²) in [4.78, 5) is 0. The molecule has 0 radical (unpaired) electrons. The molecule has 1 aromatic rings. The standard InChI is InChI=1S/C13H18ClFN2O2S/c1-20(18,19)17-6-4-12(5-7-17)16-9-10-8-11(15)2-3-13(10)14/h2-3,8,12,16H,4-7,9H2,1H3. The first kappa shape index (κ1) is 15.7. The Bertz CT molecular complexity index is 572. The predicted octanol–water partition coefficient (Wildman–Crippen LogP) is 1.99. The number of halogens is 2. The van der Waals surface area contributed by atoms with E-state index in [0.717, 1.165) is 18.4 Å². The zero-order valence-electron chi connectivity index (χ0n) is 11.3. The molecule has 1 N–H and O–H groups in total. The molecule has 0 saturated carbocycles. The first-order valence-electron chi connectivity index (χ1n) is 6.48. The number of hydrogen-bond donors (Lipinski definition) is 1. The lowest BCUT2D eigenvalue weighted by atomic mass is 10.1. The van der Waals surface area contributed by atoms with Gasteiger partial charge in [-0.3, -0.25) is 0 Å². The number of nitrogens with one attached hydrogen (secondary N) is 1. The van der Waals surface area contributed by atoms with Gasteiger partial charge in [-0.15, -0.1) is 0 Å². The van der Waals surface area contributed by atoms with Gasteiger partial charge < -0.3 is 5.32 Å². The van der Waals surface area contributed by atoms with Crippen molar-refractivity contribution in [3.05, 3.63) is 34.6 Å². The van der Waals surface area contributed by atoms with E-state index in [1.54, 1.807) is 6.07 Å². The molecule has 0 aliphatic carbocycles. The average Bonchev–Trinajstić information content (AvgIpc) is 2.39. The van der Waals surface area contributed by atoms with Gasteiger partial charge >= 0.3 is 0 Å². The molecular weight excluding hydrogens is 303 g/mol. The summed E-state index contributed by atoms with van der Waals surface area (Å²) >= 11 is 6.00. The molecule has 1 fully saturated rings. The van der Waals surface area contributed by atoms with Crippen molar-refractivity contribution in [2.45, 2.75) is 25.4 Å². The first-order valence-corrected chi connectivity index (χ1v) is 8.71. The van der Waals surface area contributed by atoms with Crippen LogP contribution >= 0.6 is 11.6 Å². The SMILES string of the molecule is CS(=O)(=O)N1CCC(NCc2cc(F)ccc2Cl)CC1. The average molecular weight is 321 g/mol. The van der Waals surface area contributed by atoms with E-state index in [-0.39, 0.29) is 11.9 Å². The molecule has 0 atom stereocenters. The third-order valence-corrected chi connectivity index (χ3v) is 5.18. The van der Waals surface area contributed by atoms with Crippen LogP contribution in [-0.2, 0) is 16.6 Å². The molecule has 0 unspecified atom stereocenters. The molecule has 0 spiro atoms. The summed E-state index contributed by atoms with van der Waals surface area (Å²) in [5.74, 6) is -0.307. The zero-order valence-corrected chi connectivity index (χ0v) is 12.8. The van der Waals surface area contributed by atoms with Crippen LogP contribution in [0.1, 0.15) is 18.4 Å². The van der Waals surface area contributed by atoms with Crippen molar-refractivity contribution in [1.29, 1.82) is 0 Å². The monoisotopic (exact) mass is 320 g/mol. The smallest absolute Gasteiger partial charge is 0.211 e. The van der Waals surface area contributed by atoms with Crippen LogP contribution in [-0.4, -0.2) is 38.1 Å². The quantitative estimate of drug-likeness (QED) is 0.923. The second-order valence-electron chi connectivity index (χ2n) is 5.05. The lowest BCUT2D eigenvalue weighted by molar-refractivity contribution is 0.290. The van der Waals surface area contributed by atoms with E-state index in [4.69, 9.17) is 11.6 Å². The molecular formula is C13H18ClFN2O2S. The van der Waals surface area contributed by atoms with E-state index < -0.39 is 10.0 Å². The van der Waals surface area contributed by atoms with Gasteiger partial charge in [0.15, 0.2) is 0 Å². The van der Waals surface area contributed by atoms with Crippen molar-refractivity contribution < 1.29 is 12.8 Å². The topological polar surface area (TPSA) is 49.4 Å². The van der Waals surface area contributed by atoms with Crippen molar-refractivity contribution in [3.63, 3.8) is 0 Å². The van der Waals surface area contributed by atoms with Gasteiger partial charge in [0.1, 0.15) is 5.82 Å². The molecule has 4 nitrogen and oxygen atoms in total. The summed E-state index contributed by atoms with van der Waals surface area (Å²) in [5, 5.41) is 3.84. The van der Waals surface area contributed by atoms with Crippen LogP contribution in [0.15, 0.2) is 18.2 Å². The van der Waals surface area contributed by atoms with Gasteiger partial charge in [0.25, 0.3) is 0 Å². The van der Waals surface area contributed by atoms with Gasteiger partial charge in [-0.1, -0.05) is 11.6 Å². The highest BCUT2D eigenvalue weighted by atomic mass is 35.5. The fraction of sp³-hybridized carbons (Fsp3) is 0.538. The fourth-order valence-electron chi connectivity index (χ4n) is 2.32. The van der Waals surface area contributed by atoms with Crippen LogP contribution in [0.3, 0.4) is 0 Å². The van der Waals surface area contributed by atoms with Gasteiger partial charge in [0, 0.05) is 30.7 Å². The molecule has 1 aromatic carbocycles. The fourth-order valence-corrected chi connectivity index (χ4v) is 3.38. The number of piperidine rings is 1. The van der Waals surface area contributed by atoms with Gasteiger partial charge in [0.05, 0.1) is 6.26 Å². The number of sulfonamides is 1. The van der Waals surface area contributed by atoms with Crippen LogP contribution in [0.5, 0.6) is 0 Å².